The van der Waals surface area contributed by atoms with Gasteiger partial charge >= 0.3 is 0 Å². The van der Waals surface area contributed by atoms with Crippen LogP contribution in [0, 0.1) is 5.82 Å². The smallest absolute Gasteiger partial charge is 0.224 e. The second-order valence-electron chi connectivity index (χ2n) is 5.39. The van der Waals surface area contributed by atoms with E-state index in [9.17, 15) is 9.18 Å². The fourth-order valence-electron chi connectivity index (χ4n) is 2.05. The molecule has 4 heteroatoms. The summed E-state index contributed by atoms with van der Waals surface area (Å²) in [5.74, 6) is 0.351. The number of amides is 1. The largest absolute Gasteiger partial charge is 0.491 e. The SMILES string of the molecule is CC(C)Oc1ccc(CNC(=O)Cc2cccc(F)c2)cc1. The molecule has 22 heavy (non-hydrogen) atoms. The molecule has 2 rings (SSSR count). The molecule has 0 saturated carbocycles. The second-order valence-corrected chi connectivity index (χ2v) is 5.39. The number of benzene rings is 2. The molecule has 2 aromatic rings. The number of rotatable bonds is 6. The molecule has 0 unspecified atom stereocenters. The lowest BCUT2D eigenvalue weighted by Crippen LogP contribution is -2.24. The van der Waals surface area contributed by atoms with E-state index in [1.54, 1.807) is 12.1 Å². The molecule has 1 N–H and O–H groups in total. The van der Waals surface area contributed by atoms with Crippen LogP contribution in [0.5, 0.6) is 5.75 Å². The first-order valence-electron chi connectivity index (χ1n) is 7.29. The highest BCUT2D eigenvalue weighted by Gasteiger charge is 2.05. The summed E-state index contributed by atoms with van der Waals surface area (Å²) in [5.41, 5.74) is 1.65. The van der Waals surface area contributed by atoms with Crippen molar-refractivity contribution in [3.63, 3.8) is 0 Å². The fourth-order valence-corrected chi connectivity index (χ4v) is 2.05. The predicted octanol–water partition coefficient (Wildman–Crippen LogP) is 3.47. The molecule has 3 nitrogen and oxygen atoms in total. The van der Waals surface area contributed by atoms with Crippen molar-refractivity contribution in [1.82, 2.24) is 5.32 Å². The summed E-state index contributed by atoms with van der Waals surface area (Å²) in [6, 6.07) is 13.7. The van der Waals surface area contributed by atoms with Crippen LogP contribution in [-0.2, 0) is 17.8 Å². The Balaban J connectivity index is 1.83. The Kier molecular flexibility index (Phi) is 5.53. The molecule has 0 fully saturated rings. The summed E-state index contributed by atoms with van der Waals surface area (Å²) in [5, 5.41) is 2.82. The number of hydrogen-bond acceptors (Lipinski definition) is 2. The predicted molar refractivity (Wildman–Crippen MR) is 84.2 cm³/mol. The van der Waals surface area contributed by atoms with E-state index in [2.05, 4.69) is 5.32 Å². The van der Waals surface area contributed by atoms with Gasteiger partial charge in [0.25, 0.3) is 0 Å². The van der Waals surface area contributed by atoms with Gasteiger partial charge in [0, 0.05) is 6.54 Å². The van der Waals surface area contributed by atoms with Crippen LogP contribution in [0.2, 0.25) is 0 Å². The van der Waals surface area contributed by atoms with Crippen LogP contribution in [0.1, 0.15) is 25.0 Å². The summed E-state index contributed by atoms with van der Waals surface area (Å²) in [6.45, 7) is 4.39. The monoisotopic (exact) mass is 301 g/mol. The van der Waals surface area contributed by atoms with Crippen molar-refractivity contribution < 1.29 is 13.9 Å². The molecule has 0 heterocycles. The van der Waals surface area contributed by atoms with E-state index in [1.807, 2.05) is 38.1 Å². The zero-order chi connectivity index (χ0) is 15.9. The van der Waals surface area contributed by atoms with Crippen LogP contribution in [0.4, 0.5) is 4.39 Å². The van der Waals surface area contributed by atoms with Crippen LogP contribution in [0.25, 0.3) is 0 Å². The van der Waals surface area contributed by atoms with Crippen molar-refractivity contribution in [2.75, 3.05) is 0 Å². The van der Waals surface area contributed by atoms with Crippen molar-refractivity contribution in [2.24, 2.45) is 0 Å². The van der Waals surface area contributed by atoms with E-state index < -0.39 is 0 Å². The fraction of sp³-hybridized carbons (Fsp3) is 0.278. The van der Waals surface area contributed by atoms with Gasteiger partial charge in [0.2, 0.25) is 5.91 Å². The molecule has 2 aromatic carbocycles. The van der Waals surface area contributed by atoms with E-state index in [0.29, 0.717) is 12.1 Å². The van der Waals surface area contributed by atoms with Crippen molar-refractivity contribution in [3.8, 4) is 5.75 Å². The molecule has 0 saturated heterocycles. The standard InChI is InChI=1S/C18H20FNO2/c1-13(2)22-17-8-6-14(7-9-17)12-20-18(21)11-15-4-3-5-16(19)10-15/h3-10,13H,11-12H2,1-2H3,(H,20,21). The highest BCUT2D eigenvalue weighted by Crippen LogP contribution is 2.13. The summed E-state index contributed by atoms with van der Waals surface area (Å²) in [7, 11) is 0. The highest BCUT2D eigenvalue weighted by molar-refractivity contribution is 5.78. The van der Waals surface area contributed by atoms with E-state index >= 15 is 0 Å². The zero-order valence-electron chi connectivity index (χ0n) is 12.8. The number of nitrogens with one attached hydrogen (secondary N) is 1. The highest BCUT2D eigenvalue weighted by atomic mass is 19.1. The summed E-state index contributed by atoms with van der Waals surface area (Å²) >= 11 is 0. The lowest BCUT2D eigenvalue weighted by atomic mass is 10.1. The minimum absolute atomic E-state index is 0.131. The number of carbonyl (C=O) groups is 1. The Morgan fingerprint density at radius 2 is 1.86 bits per heavy atom. The molecule has 0 aliphatic carbocycles. The average Bonchev–Trinajstić information content (AvgIpc) is 2.46. The molecule has 0 aromatic heterocycles. The quantitative estimate of drug-likeness (QED) is 0.887. The van der Waals surface area contributed by atoms with E-state index in [4.69, 9.17) is 4.74 Å². The zero-order valence-corrected chi connectivity index (χ0v) is 12.8. The Morgan fingerprint density at radius 1 is 1.14 bits per heavy atom. The summed E-state index contributed by atoms with van der Waals surface area (Å²) in [4.78, 5) is 11.9. The Morgan fingerprint density at radius 3 is 2.50 bits per heavy atom. The normalized spacial score (nSPS) is 10.5. The number of halogens is 1. The van der Waals surface area contributed by atoms with Gasteiger partial charge in [-0.25, -0.2) is 4.39 Å². The molecule has 116 valence electrons. The van der Waals surface area contributed by atoms with Gasteiger partial charge < -0.3 is 10.1 Å². The van der Waals surface area contributed by atoms with Gasteiger partial charge in [-0.1, -0.05) is 24.3 Å². The van der Waals surface area contributed by atoms with Crippen LogP contribution in [-0.4, -0.2) is 12.0 Å². The molecule has 0 radical (unpaired) electrons. The van der Waals surface area contributed by atoms with Gasteiger partial charge in [-0.2, -0.15) is 0 Å². The maximum absolute atomic E-state index is 13.1. The Labute approximate surface area is 130 Å². The lowest BCUT2D eigenvalue weighted by Gasteiger charge is -2.10. The maximum atomic E-state index is 13.1. The van der Waals surface area contributed by atoms with E-state index in [1.165, 1.54) is 12.1 Å². The molecule has 0 aliphatic heterocycles. The van der Waals surface area contributed by atoms with Crippen molar-refractivity contribution in [3.05, 3.63) is 65.5 Å². The van der Waals surface area contributed by atoms with Crippen LogP contribution in [0.15, 0.2) is 48.5 Å². The summed E-state index contributed by atoms with van der Waals surface area (Å²) < 4.78 is 18.6. The molecular formula is C18H20FNO2. The third kappa shape index (κ3) is 5.20. The minimum atomic E-state index is -0.328. The molecular weight excluding hydrogens is 281 g/mol. The first kappa shape index (κ1) is 16.0. The van der Waals surface area contributed by atoms with E-state index in [0.717, 1.165) is 11.3 Å². The average molecular weight is 301 g/mol. The minimum Gasteiger partial charge on any atom is -0.491 e. The Hall–Kier alpha value is -2.36. The van der Waals surface area contributed by atoms with Crippen molar-refractivity contribution >= 4 is 5.91 Å². The number of hydrogen-bond donors (Lipinski definition) is 1. The molecule has 1 amide bonds. The third-order valence-electron chi connectivity index (χ3n) is 3.04. The van der Waals surface area contributed by atoms with Crippen LogP contribution >= 0.6 is 0 Å². The summed E-state index contributed by atoms with van der Waals surface area (Å²) in [6.07, 6.45) is 0.309. The number of carbonyl (C=O) groups excluding carboxylic acids is 1. The van der Waals surface area contributed by atoms with Gasteiger partial charge in [-0.3, -0.25) is 4.79 Å². The number of ether oxygens (including phenoxy) is 1. The topological polar surface area (TPSA) is 38.3 Å². The first-order valence-corrected chi connectivity index (χ1v) is 7.29. The lowest BCUT2D eigenvalue weighted by molar-refractivity contribution is -0.120. The third-order valence-corrected chi connectivity index (χ3v) is 3.04. The van der Waals surface area contributed by atoms with Gasteiger partial charge in [0.15, 0.2) is 0 Å². The molecule has 0 aliphatic rings. The molecule has 0 spiro atoms. The van der Waals surface area contributed by atoms with Gasteiger partial charge in [0.05, 0.1) is 12.5 Å². The van der Waals surface area contributed by atoms with Crippen LogP contribution < -0.4 is 10.1 Å². The second kappa shape index (κ2) is 7.59. The maximum Gasteiger partial charge on any atom is 0.224 e. The van der Waals surface area contributed by atoms with E-state index in [-0.39, 0.29) is 24.2 Å². The van der Waals surface area contributed by atoms with Crippen molar-refractivity contribution in [1.29, 1.82) is 0 Å². The van der Waals surface area contributed by atoms with Gasteiger partial charge in [0.1, 0.15) is 11.6 Å². The van der Waals surface area contributed by atoms with Gasteiger partial charge in [-0.15, -0.1) is 0 Å². The van der Waals surface area contributed by atoms with Crippen LogP contribution in [0.3, 0.4) is 0 Å². The van der Waals surface area contributed by atoms with Gasteiger partial charge in [-0.05, 0) is 49.2 Å². The Bertz CT molecular complexity index is 623. The van der Waals surface area contributed by atoms with Crippen molar-refractivity contribution in [2.45, 2.75) is 32.9 Å². The molecule has 0 atom stereocenters. The molecule has 0 bridgehead atoms. The first-order chi connectivity index (χ1) is 10.5.